The molecule has 1 aliphatic rings. The first-order valence-corrected chi connectivity index (χ1v) is 7.01. The van der Waals surface area contributed by atoms with Crippen molar-refractivity contribution >= 4 is 5.97 Å². The van der Waals surface area contributed by atoms with Gasteiger partial charge >= 0.3 is 5.97 Å². The SMILES string of the molecule is COCCN(Cc1c(C(=O)O)cnn1C)C(C)C1CC1. The number of carboxylic acids is 1. The summed E-state index contributed by atoms with van der Waals surface area (Å²) in [5, 5.41) is 13.3. The highest BCUT2D eigenvalue weighted by Gasteiger charge is 2.32. The quantitative estimate of drug-likeness (QED) is 0.779. The van der Waals surface area contributed by atoms with Crippen molar-refractivity contribution in [1.29, 1.82) is 0 Å². The van der Waals surface area contributed by atoms with Gasteiger partial charge in [-0.2, -0.15) is 5.10 Å². The summed E-state index contributed by atoms with van der Waals surface area (Å²) in [4.78, 5) is 13.5. The predicted molar refractivity (Wildman–Crippen MR) is 74.6 cm³/mol. The molecule has 0 spiro atoms. The lowest BCUT2D eigenvalue weighted by molar-refractivity contribution is 0.0691. The van der Waals surface area contributed by atoms with E-state index < -0.39 is 5.97 Å². The molecule has 0 aromatic carbocycles. The molecule has 1 heterocycles. The number of hydrogen-bond acceptors (Lipinski definition) is 4. The maximum Gasteiger partial charge on any atom is 0.339 e. The minimum Gasteiger partial charge on any atom is -0.478 e. The van der Waals surface area contributed by atoms with Crippen molar-refractivity contribution in [3.8, 4) is 0 Å². The van der Waals surface area contributed by atoms with Crippen LogP contribution in [-0.2, 0) is 18.3 Å². The van der Waals surface area contributed by atoms with E-state index in [1.807, 2.05) is 0 Å². The summed E-state index contributed by atoms with van der Waals surface area (Å²) in [5.74, 6) is -0.188. The summed E-state index contributed by atoms with van der Waals surface area (Å²) in [6.07, 6.45) is 3.96. The highest BCUT2D eigenvalue weighted by molar-refractivity contribution is 5.88. The van der Waals surface area contributed by atoms with Crippen molar-refractivity contribution in [3.63, 3.8) is 0 Å². The normalized spacial score (nSPS) is 16.6. The van der Waals surface area contributed by atoms with Crippen molar-refractivity contribution in [2.45, 2.75) is 32.4 Å². The summed E-state index contributed by atoms with van der Waals surface area (Å²) in [7, 11) is 3.48. The van der Waals surface area contributed by atoms with Crippen molar-refractivity contribution in [2.24, 2.45) is 13.0 Å². The second kappa shape index (κ2) is 6.37. The molecule has 1 aromatic rings. The molecule has 6 heteroatoms. The van der Waals surface area contributed by atoms with Gasteiger partial charge in [-0.05, 0) is 25.7 Å². The summed E-state index contributed by atoms with van der Waals surface area (Å²) >= 11 is 0. The first-order chi connectivity index (χ1) is 9.54. The number of aryl methyl sites for hydroxylation is 1. The van der Waals surface area contributed by atoms with Gasteiger partial charge in [-0.25, -0.2) is 4.79 Å². The van der Waals surface area contributed by atoms with E-state index in [4.69, 9.17) is 4.74 Å². The molecule has 0 bridgehead atoms. The molecule has 0 amide bonds. The van der Waals surface area contributed by atoms with E-state index in [9.17, 15) is 9.90 Å². The van der Waals surface area contributed by atoms with Crippen LogP contribution in [0.2, 0.25) is 0 Å². The monoisotopic (exact) mass is 281 g/mol. The van der Waals surface area contributed by atoms with Gasteiger partial charge < -0.3 is 9.84 Å². The molecule has 0 aliphatic heterocycles. The second-order valence-electron chi connectivity index (χ2n) is 5.48. The fourth-order valence-corrected chi connectivity index (χ4v) is 2.53. The van der Waals surface area contributed by atoms with Gasteiger partial charge in [-0.3, -0.25) is 9.58 Å². The number of carbonyl (C=O) groups is 1. The second-order valence-corrected chi connectivity index (χ2v) is 5.48. The Kier molecular flexibility index (Phi) is 4.77. The number of methoxy groups -OCH3 is 1. The minimum atomic E-state index is -0.918. The van der Waals surface area contributed by atoms with Crippen LogP contribution in [0.1, 0.15) is 35.8 Å². The van der Waals surface area contributed by atoms with Crippen LogP contribution in [0.5, 0.6) is 0 Å². The topological polar surface area (TPSA) is 67.6 Å². The van der Waals surface area contributed by atoms with Gasteiger partial charge in [0, 0.05) is 33.3 Å². The predicted octanol–water partition coefficient (Wildman–Crippen LogP) is 1.37. The van der Waals surface area contributed by atoms with E-state index in [2.05, 4.69) is 16.9 Å². The Bertz CT molecular complexity index is 468. The van der Waals surface area contributed by atoms with Crippen molar-refractivity contribution in [2.75, 3.05) is 20.3 Å². The molecule has 1 saturated carbocycles. The van der Waals surface area contributed by atoms with Gasteiger partial charge in [-0.15, -0.1) is 0 Å². The van der Waals surface area contributed by atoms with Crippen molar-refractivity contribution in [1.82, 2.24) is 14.7 Å². The Balaban J connectivity index is 2.13. The molecule has 1 unspecified atom stereocenters. The lowest BCUT2D eigenvalue weighted by Crippen LogP contribution is -2.37. The number of rotatable bonds is 8. The zero-order valence-electron chi connectivity index (χ0n) is 12.4. The van der Waals surface area contributed by atoms with Crippen LogP contribution in [0, 0.1) is 5.92 Å². The summed E-state index contributed by atoms with van der Waals surface area (Å²) in [6.45, 7) is 4.26. The number of aromatic carboxylic acids is 1. The Morgan fingerprint density at radius 2 is 2.35 bits per heavy atom. The van der Waals surface area contributed by atoms with E-state index in [0.29, 0.717) is 19.2 Å². The van der Waals surface area contributed by atoms with Gasteiger partial charge in [0.2, 0.25) is 0 Å². The fraction of sp³-hybridized carbons (Fsp3) is 0.714. The number of hydrogen-bond donors (Lipinski definition) is 1. The zero-order valence-corrected chi connectivity index (χ0v) is 12.4. The van der Waals surface area contributed by atoms with E-state index >= 15 is 0 Å². The largest absolute Gasteiger partial charge is 0.478 e. The zero-order chi connectivity index (χ0) is 14.7. The van der Waals surface area contributed by atoms with E-state index in [1.54, 1.807) is 18.8 Å². The third-order valence-electron chi connectivity index (χ3n) is 4.11. The maximum absolute atomic E-state index is 11.3. The van der Waals surface area contributed by atoms with E-state index in [1.165, 1.54) is 19.0 Å². The van der Waals surface area contributed by atoms with Crippen molar-refractivity contribution in [3.05, 3.63) is 17.5 Å². The number of ether oxygens (including phenoxy) is 1. The maximum atomic E-state index is 11.3. The van der Waals surface area contributed by atoms with Crippen LogP contribution < -0.4 is 0 Å². The minimum absolute atomic E-state index is 0.290. The van der Waals surface area contributed by atoms with E-state index in [0.717, 1.165) is 18.2 Å². The van der Waals surface area contributed by atoms with Gasteiger partial charge in [0.1, 0.15) is 5.56 Å². The lowest BCUT2D eigenvalue weighted by atomic mass is 10.1. The fourth-order valence-electron chi connectivity index (χ4n) is 2.53. The highest BCUT2D eigenvalue weighted by atomic mass is 16.5. The van der Waals surface area contributed by atoms with Gasteiger partial charge in [0.25, 0.3) is 0 Å². The number of carboxylic acid groups (broad SMARTS) is 1. The summed E-state index contributed by atoms with van der Waals surface area (Å²) in [5.41, 5.74) is 1.04. The smallest absolute Gasteiger partial charge is 0.339 e. The first-order valence-electron chi connectivity index (χ1n) is 7.01. The van der Waals surface area contributed by atoms with Crippen LogP contribution in [0.15, 0.2) is 6.20 Å². The van der Waals surface area contributed by atoms with E-state index in [-0.39, 0.29) is 5.56 Å². The molecular weight excluding hydrogens is 258 g/mol. The van der Waals surface area contributed by atoms with Crippen LogP contribution >= 0.6 is 0 Å². The summed E-state index contributed by atoms with van der Waals surface area (Å²) in [6, 6.07) is 0.446. The number of aromatic nitrogens is 2. The Hall–Kier alpha value is -1.40. The standard InChI is InChI=1S/C14H23N3O3/c1-10(11-4-5-11)17(6-7-20-3)9-13-12(14(18)19)8-15-16(13)2/h8,10-11H,4-7,9H2,1-3H3,(H,18,19). The third kappa shape index (κ3) is 3.37. The third-order valence-corrected chi connectivity index (χ3v) is 4.11. The van der Waals surface area contributed by atoms with Crippen LogP contribution in [-0.4, -0.2) is 52.1 Å². The van der Waals surface area contributed by atoms with Gasteiger partial charge in [0.15, 0.2) is 0 Å². The molecular formula is C14H23N3O3. The van der Waals surface area contributed by atoms with Crippen LogP contribution in [0.25, 0.3) is 0 Å². The summed E-state index contributed by atoms with van der Waals surface area (Å²) < 4.78 is 6.82. The van der Waals surface area contributed by atoms with Gasteiger partial charge in [0.05, 0.1) is 18.5 Å². The molecule has 0 saturated heterocycles. The van der Waals surface area contributed by atoms with Crippen LogP contribution in [0.3, 0.4) is 0 Å². The molecule has 1 N–H and O–H groups in total. The Morgan fingerprint density at radius 3 is 2.90 bits per heavy atom. The first kappa shape index (κ1) is 15.0. The highest BCUT2D eigenvalue weighted by Crippen LogP contribution is 2.35. The Labute approximate surface area is 119 Å². The molecule has 112 valence electrons. The Morgan fingerprint density at radius 1 is 1.65 bits per heavy atom. The number of nitrogens with zero attached hydrogens (tertiary/aromatic N) is 3. The molecule has 20 heavy (non-hydrogen) atoms. The molecule has 1 atom stereocenters. The molecule has 2 rings (SSSR count). The molecule has 1 fully saturated rings. The average Bonchev–Trinajstić information content (AvgIpc) is 3.19. The molecule has 6 nitrogen and oxygen atoms in total. The van der Waals surface area contributed by atoms with Gasteiger partial charge in [-0.1, -0.05) is 0 Å². The average molecular weight is 281 g/mol. The lowest BCUT2D eigenvalue weighted by Gasteiger charge is -2.29. The van der Waals surface area contributed by atoms with Crippen molar-refractivity contribution < 1.29 is 14.6 Å². The molecule has 0 radical (unpaired) electrons. The van der Waals surface area contributed by atoms with Crippen LogP contribution in [0.4, 0.5) is 0 Å². The molecule has 1 aliphatic carbocycles. The molecule has 1 aromatic heterocycles.